The van der Waals surface area contributed by atoms with E-state index in [4.69, 9.17) is 5.73 Å². The van der Waals surface area contributed by atoms with Crippen LogP contribution in [0.25, 0.3) is 22.0 Å². The highest BCUT2D eigenvalue weighted by molar-refractivity contribution is 7.90. The Labute approximate surface area is 164 Å². The van der Waals surface area contributed by atoms with Gasteiger partial charge in [0.05, 0.1) is 11.4 Å². The number of hydrogen-bond acceptors (Lipinski definition) is 4. The molecule has 0 saturated carbocycles. The Kier molecular flexibility index (Phi) is 6.41. The van der Waals surface area contributed by atoms with Gasteiger partial charge in [0.1, 0.15) is 5.83 Å². The highest BCUT2D eigenvalue weighted by Crippen LogP contribution is 2.36. The Hall–Kier alpha value is -2.22. The van der Waals surface area contributed by atoms with Crippen molar-refractivity contribution in [2.45, 2.75) is 18.4 Å². The number of halogens is 2. The number of allylic oxidation sites excluding steroid dienone is 1. The fourth-order valence-electron chi connectivity index (χ4n) is 3.12. The Morgan fingerprint density at radius 2 is 1.93 bits per heavy atom. The lowest BCUT2D eigenvalue weighted by molar-refractivity contribution is 0.555. The number of benzene rings is 1. The molecule has 0 bridgehead atoms. The third kappa shape index (κ3) is 4.21. The van der Waals surface area contributed by atoms with Gasteiger partial charge in [-0.3, -0.25) is 4.98 Å². The summed E-state index contributed by atoms with van der Waals surface area (Å²) < 4.78 is 39.9. The Morgan fingerprint density at radius 3 is 2.52 bits per heavy atom. The summed E-state index contributed by atoms with van der Waals surface area (Å²) in [7, 11) is -3.35. The largest absolute Gasteiger partial charge is 0.337 e. The molecule has 0 unspecified atom stereocenters. The molecule has 3 rings (SSSR count). The van der Waals surface area contributed by atoms with E-state index < -0.39 is 9.84 Å². The van der Waals surface area contributed by atoms with Gasteiger partial charge in [-0.25, -0.2) is 12.8 Å². The number of pyridine rings is 1. The van der Waals surface area contributed by atoms with Crippen molar-refractivity contribution in [1.29, 1.82) is 0 Å². The summed E-state index contributed by atoms with van der Waals surface area (Å²) in [5.74, 6) is -0.332. The van der Waals surface area contributed by atoms with Crippen molar-refractivity contribution in [3.63, 3.8) is 0 Å². The maximum absolute atomic E-state index is 14.1. The Bertz CT molecular complexity index is 1090. The third-order valence-corrected chi connectivity index (χ3v) is 5.45. The molecule has 0 aliphatic rings. The van der Waals surface area contributed by atoms with Crippen molar-refractivity contribution in [1.82, 2.24) is 9.55 Å². The SMILES string of the molecule is Cc1c(-c2ccncc2)c2cc(S(C)(=O)=O)ccc2n1C/C(F)=C/CN.Cl. The molecule has 2 aromatic heterocycles. The highest BCUT2D eigenvalue weighted by atomic mass is 35.5. The third-order valence-electron chi connectivity index (χ3n) is 4.34. The molecule has 0 radical (unpaired) electrons. The maximum atomic E-state index is 14.1. The summed E-state index contributed by atoms with van der Waals surface area (Å²) in [6.07, 6.45) is 5.86. The van der Waals surface area contributed by atoms with E-state index in [0.29, 0.717) is 0 Å². The summed E-state index contributed by atoms with van der Waals surface area (Å²) >= 11 is 0. The lowest BCUT2D eigenvalue weighted by Gasteiger charge is -2.07. The quantitative estimate of drug-likeness (QED) is 0.697. The van der Waals surface area contributed by atoms with Gasteiger partial charge >= 0.3 is 0 Å². The molecule has 2 N–H and O–H groups in total. The minimum Gasteiger partial charge on any atom is -0.337 e. The molecule has 0 amide bonds. The van der Waals surface area contributed by atoms with E-state index in [1.54, 1.807) is 30.6 Å². The first-order valence-electron chi connectivity index (χ1n) is 8.11. The first-order valence-corrected chi connectivity index (χ1v) is 10.00. The van der Waals surface area contributed by atoms with Gasteiger partial charge < -0.3 is 10.3 Å². The van der Waals surface area contributed by atoms with Crippen LogP contribution in [0, 0.1) is 6.92 Å². The van der Waals surface area contributed by atoms with E-state index >= 15 is 0 Å². The van der Waals surface area contributed by atoms with Crippen LogP contribution >= 0.6 is 12.4 Å². The molecule has 27 heavy (non-hydrogen) atoms. The summed E-state index contributed by atoms with van der Waals surface area (Å²) in [5.41, 5.74) is 8.78. The zero-order chi connectivity index (χ0) is 18.9. The monoisotopic (exact) mass is 409 g/mol. The molecule has 0 aliphatic carbocycles. The normalized spacial score (nSPS) is 12.2. The first-order chi connectivity index (χ1) is 12.3. The van der Waals surface area contributed by atoms with Crippen LogP contribution in [0.4, 0.5) is 4.39 Å². The highest BCUT2D eigenvalue weighted by Gasteiger charge is 2.19. The predicted octanol–water partition coefficient (Wildman–Crippen LogP) is 3.65. The van der Waals surface area contributed by atoms with Gasteiger partial charge in [0.2, 0.25) is 0 Å². The minimum atomic E-state index is -3.35. The zero-order valence-corrected chi connectivity index (χ0v) is 16.6. The molecular weight excluding hydrogens is 389 g/mol. The average Bonchev–Trinajstić information content (AvgIpc) is 2.86. The van der Waals surface area contributed by atoms with Gasteiger partial charge in [0.25, 0.3) is 0 Å². The second kappa shape index (κ2) is 8.21. The van der Waals surface area contributed by atoms with Crippen LogP contribution in [-0.2, 0) is 16.4 Å². The summed E-state index contributed by atoms with van der Waals surface area (Å²) in [5, 5.41) is 0.761. The van der Waals surface area contributed by atoms with Crippen LogP contribution in [0.3, 0.4) is 0 Å². The second-order valence-electron chi connectivity index (χ2n) is 6.12. The van der Waals surface area contributed by atoms with Crippen LogP contribution in [0.1, 0.15) is 5.69 Å². The summed E-state index contributed by atoms with van der Waals surface area (Å²) in [6.45, 7) is 2.06. The number of hydrogen-bond donors (Lipinski definition) is 1. The number of fused-ring (bicyclic) bond motifs is 1. The van der Waals surface area contributed by atoms with E-state index in [1.807, 2.05) is 23.6 Å². The van der Waals surface area contributed by atoms with Crippen molar-refractivity contribution in [3.8, 4) is 11.1 Å². The van der Waals surface area contributed by atoms with Crippen LogP contribution < -0.4 is 5.73 Å². The van der Waals surface area contributed by atoms with Crippen molar-refractivity contribution in [2.75, 3.05) is 12.8 Å². The molecule has 5 nitrogen and oxygen atoms in total. The van der Waals surface area contributed by atoms with E-state index in [0.717, 1.165) is 27.7 Å². The smallest absolute Gasteiger partial charge is 0.175 e. The van der Waals surface area contributed by atoms with Crippen molar-refractivity contribution in [3.05, 3.63) is 60.3 Å². The number of nitrogens with zero attached hydrogens (tertiary/aromatic N) is 2. The maximum Gasteiger partial charge on any atom is 0.175 e. The van der Waals surface area contributed by atoms with Gasteiger partial charge in [-0.2, -0.15) is 0 Å². The number of sulfone groups is 1. The topological polar surface area (TPSA) is 78.0 Å². The second-order valence-corrected chi connectivity index (χ2v) is 8.14. The van der Waals surface area contributed by atoms with Gasteiger partial charge in [-0.15, -0.1) is 12.4 Å². The van der Waals surface area contributed by atoms with Crippen LogP contribution in [-0.4, -0.2) is 30.8 Å². The molecular formula is C19H21ClFN3O2S. The standard InChI is InChI=1S/C19H20FN3O2S.ClH/c1-13-19(14-6-9-22-10-7-14)17-11-16(26(2,24)25)3-4-18(17)23(13)12-15(20)5-8-21;/h3-7,9-11H,8,12,21H2,1-2H3;1H/b15-5-;. The number of nitrogens with two attached hydrogens (primary N) is 1. The fraction of sp³-hybridized carbons (Fsp3) is 0.211. The molecule has 3 aromatic rings. The summed E-state index contributed by atoms with van der Waals surface area (Å²) in [4.78, 5) is 4.26. The van der Waals surface area contributed by atoms with Gasteiger partial charge in [-0.05, 0) is 48.9 Å². The molecule has 0 saturated heterocycles. The Balaban J connectivity index is 0.00000261. The lowest BCUT2D eigenvalue weighted by Crippen LogP contribution is -2.03. The lowest BCUT2D eigenvalue weighted by atomic mass is 10.0. The van der Waals surface area contributed by atoms with Crippen LogP contribution in [0.2, 0.25) is 0 Å². The molecule has 0 atom stereocenters. The van der Waals surface area contributed by atoms with Gasteiger partial charge in [0.15, 0.2) is 9.84 Å². The molecule has 0 aliphatic heterocycles. The molecule has 0 fully saturated rings. The first kappa shape index (κ1) is 21.1. The number of aromatic nitrogens is 2. The molecule has 8 heteroatoms. The predicted molar refractivity (Wildman–Crippen MR) is 109 cm³/mol. The molecule has 2 heterocycles. The average molecular weight is 410 g/mol. The van der Waals surface area contributed by atoms with Gasteiger partial charge in [-0.1, -0.05) is 0 Å². The van der Waals surface area contributed by atoms with E-state index in [1.165, 1.54) is 12.3 Å². The number of rotatable bonds is 5. The van der Waals surface area contributed by atoms with E-state index in [2.05, 4.69) is 4.98 Å². The minimum absolute atomic E-state index is 0. The van der Waals surface area contributed by atoms with E-state index in [-0.39, 0.29) is 36.2 Å². The van der Waals surface area contributed by atoms with Crippen LogP contribution in [0.15, 0.2) is 59.5 Å². The van der Waals surface area contributed by atoms with Gasteiger partial charge in [0, 0.05) is 47.4 Å². The van der Waals surface area contributed by atoms with Crippen LogP contribution in [0.5, 0.6) is 0 Å². The Morgan fingerprint density at radius 1 is 1.26 bits per heavy atom. The summed E-state index contributed by atoms with van der Waals surface area (Å²) in [6, 6.07) is 8.62. The van der Waals surface area contributed by atoms with Crippen molar-refractivity contribution in [2.24, 2.45) is 5.73 Å². The van der Waals surface area contributed by atoms with Crippen molar-refractivity contribution >= 4 is 33.1 Å². The fourth-order valence-corrected chi connectivity index (χ4v) is 3.77. The molecule has 1 aromatic carbocycles. The van der Waals surface area contributed by atoms with Crippen molar-refractivity contribution < 1.29 is 12.8 Å². The molecule has 0 spiro atoms. The zero-order valence-electron chi connectivity index (χ0n) is 15.0. The van der Waals surface area contributed by atoms with E-state index in [9.17, 15) is 12.8 Å². The molecule has 144 valence electrons.